The van der Waals surface area contributed by atoms with Gasteiger partial charge in [0.15, 0.2) is 0 Å². The van der Waals surface area contributed by atoms with E-state index in [1.165, 1.54) is 11.1 Å². The SMILES string of the molecule is Cc1c(N)cccc1CNCC(C)(C)C(C)C. The molecule has 96 valence electrons. The monoisotopic (exact) mass is 234 g/mol. The molecule has 0 aliphatic rings. The number of nitrogen functional groups attached to an aromatic ring is 1. The number of rotatable bonds is 5. The Morgan fingerprint density at radius 1 is 1.29 bits per heavy atom. The Bertz CT molecular complexity index is 367. The minimum atomic E-state index is 0.328. The molecule has 0 unspecified atom stereocenters. The Labute approximate surface area is 106 Å². The maximum atomic E-state index is 5.90. The third-order valence-corrected chi connectivity index (χ3v) is 3.95. The van der Waals surface area contributed by atoms with E-state index in [-0.39, 0.29) is 0 Å². The summed E-state index contributed by atoms with van der Waals surface area (Å²) in [7, 11) is 0. The predicted molar refractivity (Wildman–Crippen MR) is 75.9 cm³/mol. The van der Waals surface area contributed by atoms with E-state index in [1.807, 2.05) is 12.1 Å². The second-order valence-corrected chi connectivity index (χ2v) is 5.88. The summed E-state index contributed by atoms with van der Waals surface area (Å²) in [6.45, 7) is 13.2. The maximum absolute atomic E-state index is 5.90. The molecule has 1 rings (SSSR count). The smallest absolute Gasteiger partial charge is 0.0346 e. The van der Waals surface area contributed by atoms with Gasteiger partial charge in [0.05, 0.1) is 0 Å². The average Bonchev–Trinajstić information content (AvgIpc) is 2.24. The van der Waals surface area contributed by atoms with Crippen LogP contribution in [0.15, 0.2) is 18.2 Å². The van der Waals surface area contributed by atoms with Crippen LogP contribution in [0.25, 0.3) is 0 Å². The minimum absolute atomic E-state index is 0.328. The van der Waals surface area contributed by atoms with Crippen LogP contribution in [0, 0.1) is 18.3 Å². The molecule has 17 heavy (non-hydrogen) atoms. The van der Waals surface area contributed by atoms with Crippen LogP contribution < -0.4 is 11.1 Å². The fraction of sp³-hybridized carbons (Fsp3) is 0.600. The van der Waals surface area contributed by atoms with Gasteiger partial charge in [-0.2, -0.15) is 0 Å². The van der Waals surface area contributed by atoms with E-state index in [0.29, 0.717) is 11.3 Å². The third-order valence-electron chi connectivity index (χ3n) is 3.95. The Morgan fingerprint density at radius 3 is 2.53 bits per heavy atom. The highest BCUT2D eigenvalue weighted by Crippen LogP contribution is 2.25. The first-order chi connectivity index (χ1) is 7.84. The lowest BCUT2D eigenvalue weighted by Gasteiger charge is -2.29. The number of hydrogen-bond acceptors (Lipinski definition) is 2. The van der Waals surface area contributed by atoms with Gasteiger partial charge in [-0.3, -0.25) is 0 Å². The van der Waals surface area contributed by atoms with Crippen molar-refractivity contribution >= 4 is 5.69 Å². The van der Waals surface area contributed by atoms with Gasteiger partial charge in [0, 0.05) is 18.8 Å². The third kappa shape index (κ3) is 3.74. The van der Waals surface area contributed by atoms with Gasteiger partial charge in [-0.25, -0.2) is 0 Å². The van der Waals surface area contributed by atoms with E-state index in [0.717, 1.165) is 18.8 Å². The van der Waals surface area contributed by atoms with Crippen molar-refractivity contribution in [3.8, 4) is 0 Å². The second kappa shape index (κ2) is 5.54. The number of benzene rings is 1. The average molecular weight is 234 g/mol. The molecule has 0 amide bonds. The summed E-state index contributed by atoms with van der Waals surface area (Å²) in [4.78, 5) is 0. The van der Waals surface area contributed by atoms with Crippen molar-refractivity contribution in [2.75, 3.05) is 12.3 Å². The van der Waals surface area contributed by atoms with E-state index < -0.39 is 0 Å². The molecule has 0 bridgehead atoms. The molecular weight excluding hydrogens is 208 g/mol. The summed E-state index contributed by atoms with van der Waals surface area (Å²) in [6.07, 6.45) is 0. The van der Waals surface area contributed by atoms with Crippen LogP contribution in [0.3, 0.4) is 0 Å². The summed E-state index contributed by atoms with van der Waals surface area (Å²) in [5.74, 6) is 0.678. The summed E-state index contributed by atoms with van der Waals surface area (Å²) in [5, 5.41) is 3.54. The van der Waals surface area contributed by atoms with Gasteiger partial charge in [0.1, 0.15) is 0 Å². The lowest BCUT2D eigenvalue weighted by molar-refractivity contribution is 0.238. The highest BCUT2D eigenvalue weighted by atomic mass is 14.9. The van der Waals surface area contributed by atoms with Crippen molar-refractivity contribution in [1.82, 2.24) is 5.32 Å². The van der Waals surface area contributed by atoms with E-state index in [4.69, 9.17) is 5.73 Å². The molecule has 0 saturated carbocycles. The summed E-state index contributed by atoms with van der Waals surface area (Å²) >= 11 is 0. The Balaban J connectivity index is 2.55. The molecule has 2 nitrogen and oxygen atoms in total. The molecule has 0 heterocycles. The molecule has 0 saturated heterocycles. The number of nitrogens with two attached hydrogens (primary N) is 1. The quantitative estimate of drug-likeness (QED) is 0.767. The van der Waals surface area contributed by atoms with Gasteiger partial charge in [0.25, 0.3) is 0 Å². The molecule has 1 aromatic rings. The fourth-order valence-electron chi connectivity index (χ4n) is 1.62. The van der Waals surface area contributed by atoms with E-state index >= 15 is 0 Å². The lowest BCUT2D eigenvalue weighted by Crippen LogP contribution is -2.33. The van der Waals surface area contributed by atoms with Crippen molar-refractivity contribution in [2.24, 2.45) is 11.3 Å². The highest BCUT2D eigenvalue weighted by molar-refractivity contribution is 5.49. The largest absolute Gasteiger partial charge is 0.399 e. The summed E-state index contributed by atoms with van der Waals surface area (Å²) in [5.41, 5.74) is 9.60. The van der Waals surface area contributed by atoms with Crippen LogP contribution in [-0.2, 0) is 6.54 Å². The Kier molecular flexibility index (Phi) is 4.58. The molecular formula is C15H26N2. The molecule has 0 fully saturated rings. The van der Waals surface area contributed by atoms with Crippen molar-refractivity contribution in [3.05, 3.63) is 29.3 Å². The van der Waals surface area contributed by atoms with Crippen molar-refractivity contribution in [3.63, 3.8) is 0 Å². The van der Waals surface area contributed by atoms with Crippen molar-refractivity contribution in [1.29, 1.82) is 0 Å². The molecule has 0 aromatic heterocycles. The molecule has 3 N–H and O–H groups in total. The first-order valence-corrected chi connectivity index (χ1v) is 6.39. The number of nitrogens with one attached hydrogen (secondary N) is 1. The molecule has 0 aliphatic carbocycles. The lowest BCUT2D eigenvalue weighted by atomic mass is 9.81. The fourth-order valence-corrected chi connectivity index (χ4v) is 1.62. The molecule has 0 spiro atoms. The Morgan fingerprint density at radius 2 is 1.94 bits per heavy atom. The Hall–Kier alpha value is -1.02. The van der Waals surface area contributed by atoms with Crippen molar-refractivity contribution in [2.45, 2.75) is 41.2 Å². The van der Waals surface area contributed by atoms with Crippen molar-refractivity contribution < 1.29 is 0 Å². The van der Waals surface area contributed by atoms with Crippen LogP contribution in [0.5, 0.6) is 0 Å². The molecule has 0 aliphatic heterocycles. The second-order valence-electron chi connectivity index (χ2n) is 5.88. The van der Waals surface area contributed by atoms with E-state index in [1.54, 1.807) is 0 Å². The van der Waals surface area contributed by atoms with Crippen LogP contribution >= 0.6 is 0 Å². The zero-order chi connectivity index (χ0) is 13.1. The van der Waals surface area contributed by atoms with Crippen LogP contribution in [0.1, 0.15) is 38.8 Å². The zero-order valence-electron chi connectivity index (χ0n) is 11.8. The van der Waals surface area contributed by atoms with Gasteiger partial charge < -0.3 is 11.1 Å². The first kappa shape index (κ1) is 14.0. The molecule has 0 radical (unpaired) electrons. The first-order valence-electron chi connectivity index (χ1n) is 6.39. The normalized spacial score (nSPS) is 12.1. The highest BCUT2D eigenvalue weighted by Gasteiger charge is 2.21. The van der Waals surface area contributed by atoms with E-state index in [9.17, 15) is 0 Å². The summed E-state index contributed by atoms with van der Waals surface area (Å²) in [6, 6.07) is 6.12. The van der Waals surface area contributed by atoms with Gasteiger partial charge >= 0.3 is 0 Å². The summed E-state index contributed by atoms with van der Waals surface area (Å²) < 4.78 is 0. The van der Waals surface area contributed by atoms with Gasteiger partial charge in [-0.05, 0) is 35.4 Å². The standard InChI is InChI=1S/C15H26N2/c1-11(2)15(4,5)10-17-9-13-7-6-8-14(16)12(13)3/h6-8,11,17H,9-10,16H2,1-5H3. The predicted octanol–water partition coefficient (Wildman–Crippen LogP) is 3.35. The van der Waals surface area contributed by atoms with E-state index in [2.05, 4.69) is 46.0 Å². The molecule has 1 aromatic carbocycles. The molecule has 0 atom stereocenters. The number of hydrogen-bond donors (Lipinski definition) is 2. The molecule has 2 heteroatoms. The maximum Gasteiger partial charge on any atom is 0.0346 e. The van der Waals surface area contributed by atoms with Gasteiger partial charge in [0.2, 0.25) is 0 Å². The van der Waals surface area contributed by atoms with Crippen LogP contribution in [0.2, 0.25) is 0 Å². The zero-order valence-corrected chi connectivity index (χ0v) is 11.8. The van der Waals surface area contributed by atoms with Crippen LogP contribution in [-0.4, -0.2) is 6.54 Å². The van der Waals surface area contributed by atoms with Crippen LogP contribution in [0.4, 0.5) is 5.69 Å². The topological polar surface area (TPSA) is 38.0 Å². The minimum Gasteiger partial charge on any atom is -0.399 e. The van der Waals surface area contributed by atoms with Gasteiger partial charge in [-0.1, -0.05) is 39.8 Å². The van der Waals surface area contributed by atoms with Gasteiger partial charge in [-0.15, -0.1) is 0 Å². The number of anilines is 1.